The van der Waals surface area contributed by atoms with Crippen molar-refractivity contribution in [1.29, 1.82) is 0 Å². The SMILES string of the molecule is CCOc1cc(C(=O)N(Cc2ccccn2)Cc2ccc(Br)cc2F)ccn1. The van der Waals surface area contributed by atoms with Gasteiger partial charge in [0.15, 0.2) is 0 Å². The van der Waals surface area contributed by atoms with Crippen molar-refractivity contribution in [3.63, 3.8) is 0 Å². The fourth-order valence-electron chi connectivity index (χ4n) is 2.69. The molecule has 2 heterocycles. The van der Waals surface area contributed by atoms with E-state index >= 15 is 0 Å². The van der Waals surface area contributed by atoms with Gasteiger partial charge in [0.05, 0.1) is 18.8 Å². The lowest BCUT2D eigenvalue weighted by Gasteiger charge is -2.23. The molecular formula is C21H19BrFN3O2. The van der Waals surface area contributed by atoms with E-state index in [1.807, 2.05) is 19.1 Å². The summed E-state index contributed by atoms with van der Waals surface area (Å²) in [6, 6.07) is 13.5. The van der Waals surface area contributed by atoms with Crippen LogP contribution in [-0.2, 0) is 13.1 Å². The zero-order valence-electron chi connectivity index (χ0n) is 15.3. The van der Waals surface area contributed by atoms with E-state index < -0.39 is 0 Å². The molecule has 3 rings (SSSR count). The van der Waals surface area contributed by atoms with Gasteiger partial charge in [0.25, 0.3) is 5.91 Å². The summed E-state index contributed by atoms with van der Waals surface area (Å²) in [6.45, 7) is 2.66. The van der Waals surface area contributed by atoms with Crippen LogP contribution in [0.25, 0.3) is 0 Å². The van der Waals surface area contributed by atoms with E-state index in [0.717, 1.165) is 0 Å². The summed E-state index contributed by atoms with van der Waals surface area (Å²) in [4.78, 5) is 23.1. The molecule has 0 unspecified atom stereocenters. The zero-order chi connectivity index (χ0) is 19.9. The van der Waals surface area contributed by atoms with Gasteiger partial charge in [-0.1, -0.05) is 28.1 Å². The molecule has 5 nitrogen and oxygen atoms in total. The van der Waals surface area contributed by atoms with Gasteiger partial charge >= 0.3 is 0 Å². The van der Waals surface area contributed by atoms with E-state index in [1.165, 1.54) is 12.3 Å². The highest BCUT2D eigenvalue weighted by Gasteiger charge is 2.19. The van der Waals surface area contributed by atoms with E-state index in [2.05, 4.69) is 25.9 Å². The third-order valence-corrected chi connectivity index (χ3v) is 4.51. The molecule has 0 spiro atoms. The first kappa shape index (κ1) is 19.9. The Morgan fingerprint density at radius 2 is 1.96 bits per heavy atom. The highest BCUT2D eigenvalue weighted by molar-refractivity contribution is 9.10. The zero-order valence-corrected chi connectivity index (χ0v) is 16.9. The number of carbonyl (C=O) groups excluding carboxylic acids is 1. The van der Waals surface area contributed by atoms with Crippen molar-refractivity contribution >= 4 is 21.8 Å². The molecule has 1 amide bonds. The summed E-state index contributed by atoms with van der Waals surface area (Å²) >= 11 is 3.25. The standard InChI is InChI=1S/C21H19BrFN3O2/c1-2-28-20-11-15(8-10-25-20)21(27)26(14-18-5-3-4-9-24-18)13-16-6-7-17(22)12-19(16)23/h3-12H,2,13-14H2,1H3. The molecule has 0 aliphatic carbocycles. The van der Waals surface area contributed by atoms with Gasteiger partial charge in [-0.25, -0.2) is 9.37 Å². The fraction of sp³-hybridized carbons (Fsp3) is 0.190. The van der Waals surface area contributed by atoms with Crippen molar-refractivity contribution in [2.75, 3.05) is 6.61 Å². The summed E-state index contributed by atoms with van der Waals surface area (Å²) in [5, 5.41) is 0. The monoisotopic (exact) mass is 443 g/mol. The quantitative estimate of drug-likeness (QED) is 0.534. The van der Waals surface area contributed by atoms with Gasteiger partial charge in [0, 0.05) is 40.6 Å². The minimum absolute atomic E-state index is 0.112. The lowest BCUT2D eigenvalue weighted by Crippen LogP contribution is -2.31. The first-order valence-corrected chi connectivity index (χ1v) is 9.58. The number of nitrogens with zero attached hydrogens (tertiary/aromatic N) is 3. The van der Waals surface area contributed by atoms with Crippen LogP contribution in [0.5, 0.6) is 5.88 Å². The second kappa shape index (κ2) is 9.41. The summed E-state index contributed by atoms with van der Waals surface area (Å²) in [7, 11) is 0. The number of ether oxygens (including phenoxy) is 1. The molecule has 0 bridgehead atoms. The molecule has 3 aromatic rings. The van der Waals surface area contributed by atoms with E-state index in [0.29, 0.717) is 33.8 Å². The van der Waals surface area contributed by atoms with Crippen molar-refractivity contribution in [1.82, 2.24) is 14.9 Å². The van der Waals surface area contributed by atoms with E-state index in [9.17, 15) is 9.18 Å². The summed E-state index contributed by atoms with van der Waals surface area (Å²) in [6.07, 6.45) is 3.19. The smallest absolute Gasteiger partial charge is 0.254 e. The van der Waals surface area contributed by atoms with Gasteiger partial charge in [0.1, 0.15) is 5.82 Å². The Labute approximate surface area is 171 Å². The molecule has 0 atom stereocenters. The molecular weight excluding hydrogens is 425 g/mol. The number of aromatic nitrogens is 2. The van der Waals surface area contributed by atoms with Crippen LogP contribution in [0, 0.1) is 5.82 Å². The minimum Gasteiger partial charge on any atom is -0.478 e. The summed E-state index contributed by atoms with van der Waals surface area (Å²) in [5.41, 5.74) is 1.56. The van der Waals surface area contributed by atoms with Crippen molar-refractivity contribution in [2.45, 2.75) is 20.0 Å². The predicted molar refractivity (Wildman–Crippen MR) is 107 cm³/mol. The van der Waals surface area contributed by atoms with Crippen LogP contribution >= 0.6 is 15.9 Å². The molecule has 28 heavy (non-hydrogen) atoms. The maximum absolute atomic E-state index is 14.4. The van der Waals surface area contributed by atoms with Crippen molar-refractivity contribution in [3.05, 3.63) is 88.0 Å². The molecule has 0 aliphatic rings. The molecule has 1 aromatic carbocycles. The van der Waals surface area contributed by atoms with Gasteiger partial charge in [0.2, 0.25) is 5.88 Å². The maximum atomic E-state index is 14.4. The Morgan fingerprint density at radius 3 is 2.68 bits per heavy atom. The van der Waals surface area contributed by atoms with Gasteiger partial charge < -0.3 is 9.64 Å². The van der Waals surface area contributed by atoms with Gasteiger partial charge in [-0.2, -0.15) is 0 Å². The number of halogens is 2. The van der Waals surface area contributed by atoms with Crippen LogP contribution < -0.4 is 4.74 Å². The predicted octanol–water partition coefficient (Wildman–Crippen LogP) is 4.62. The molecule has 0 N–H and O–H groups in total. The Bertz CT molecular complexity index is 953. The first-order valence-electron chi connectivity index (χ1n) is 8.78. The maximum Gasteiger partial charge on any atom is 0.254 e. The second-order valence-electron chi connectivity index (χ2n) is 6.03. The third kappa shape index (κ3) is 5.13. The molecule has 0 saturated heterocycles. The lowest BCUT2D eigenvalue weighted by atomic mass is 10.1. The van der Waals surface area contributed by atoms with Gasteiger partial charge in [-0.15, -0.1) is 0 Å². The van der Waals surface area contributed by atoms with Crippen LogP contribution in [0.2, 0.25) is 0 Å². The normalized spacial score (nSPS) is 10.5. The van der Waals surface area contributed by atoms with Crippen LogP contribution in [0.3, 0.4) is 0 Å². The number of carbonyl (C=O) groups is 1. The van der Waals surface area contributed by atoms with E-state index in [1.54, 1.807) is 41.4 Å². The molecule has 7 heteroatoms. The molecule has 0 aliphatic heterocycles. The highest BCUT2D eigenvalue weighted by Crippen LogP contribution is 2.20. The van der Waals surface area contributed by atoms with Crippen molar-refractivity contribution in [2.24, 2.45) is 0 Å². The average Bonchev–Trinajstić information content (AvgIpc) is 2.70. The van der Waals surface area contributed by atoms with Crippen LogP contribution in [-0.4, -0.2) is 27.4 Å². The molecule has 2 aromatic heterocycles. The number of amides is 1. The largest absolute Gasteiger partial charge is 0.478 e. The van der Waals surface area contributed by atoms with Crippen molar-refractivity contribution < 1.29 is 13.9 Å². The fourth-order valence-corrected chi connectivity index (χ4v) is 3.03. The Balaban J connectivity index is 1.90. The molecule has 0 radical (unpaired) electrons. The average molecular weight is 444 g/mol. The minimum atomic E-state index is -0.377. The number of rotatable bonds is 7. The van der Waals surface area contributed by atoms with E-state index in [4.69, 9.17) is 4.74 Å². The van der Waals surface area contributed by atoms with Gasteiger partial charge in [-0.05, 0) is 37.3 Å². The number of hydrogen-bond donors (Lipinski definition) is 0. The Hall–Kier alpha value is -2.80. The van der Waals surface area contributed by atoms with E-state index in [-0.39, 0.29) is 24.8 Å². The third-order valence-electron chi connectivity index (χ3n) is 4.02. The number of benzene rings is 1. The van der Waals surface area contributed by atoms with Gasteiger partial charge in [-0.3, -0.25) is 9.78 Å². The molecule has 0 saturated carbocycles. The number of hydrogen-bond acceptors (Lipinski definition) is 4. The molecule has 144 valence electrons. The van der Waals surface area contributed by atoms with Crippen LogP contribution in [0.15, 0.2) is 65.4 Å². The summed E-state index contributed by atoms with van der Waals surface area (Å²) < 4.78 is 20.4. The Kier molecular flexibility index (Phi) is 6.71. The summed E-state index contributed by atoms with van der Waals surface area (Å²) in [5.74, 6) is -0.254. The highest BCUT2D eigenvalue weighted by atomic mass is 79.9. The van der Waals surface area contributed by atoms with Crippen LogP contribution in [0.1, 0.15) is 28.5 Å². The topological polar surface area (TPSA) is 55.3 Å². The first-order chi connectivity index (χ1) is 13.6. The van der Waals surface area contributed by atoms with Crippen LogP contribution in [0.4, 0.5) is 4.39 Å². The molecule has 0 fully saturated rings. The lowest BCUT2D eigenvalue weighted by molar-refractivity contribution is 0.0725. The van der Waals surface area contributed by atoms with Crippen molar-refractivity contribution in [3.8, 4) is 5.88 Å². The number of pyridine rings is 2. The second-order valence-corrected chi connectivity index (χ2v) is 6.95. The Morgan fingerprint density at radius 1 is 1.11 bits per heavy atom.